The summed E-state index contributed by atoms with van der Waals surface area (Å²) in [7, 11) is 1.31. The van der Waals surface area contributed by atoms with Crippen molar-refractivity contribution in [1.29, 1.82) is 0 Å². The Morgan fingerprint density at radius 1 is 0.400 bits per heavy atom. The number of methoxy groups -OCH3 is 1. The van der Waals surface area contributed by atoms with Crippen LogP contribution < -0.4 is 0 Å². The van der Waals surface area contributed by atoms with Gasteiger partial charge < -0.3 is 61.6 Å². The molecule has 0 aromatic carbocycles. The molecule has 9 aliphatic heterocycles. The van der Waals surface area contributed by atoms with Crippen molar-refractivity contribution in [1.82, 2.24) is 0 Å². The fraction of sp³-hybridized carbons (Fsp3) is 0.859. The molecule has 25 heteroatoms. The summed E-state index contributed by atoms with van der Waals surface area (Å²) in [6.45, 7) is 30.3. The SMILES string of the molecule is C.C.C.C.C.C.C.C.C.C.CCC(C)(C)C(=O)OC1C2CC3C(=O)OC1C3O2.CCC(C)(C)C(=O)OC1C2CC3C1OC(=O)C3C2C(=O)OC.CCC(C)(C)C(=O)OC1C2CC3CC2C(=O)OC31.CCC(C)(C)C(=O)OC1C2CC3CC2C(=O)OC31C.CCC(C)(C)C(=O)OCCC(=O)OC1C2CC3C(=O)OC1C3C2. The van der Waals surface area contributed by atoms with Gasteiger partial charge in [-0.15, -0.1) is 0 Å². The smallest absolute Gasteiger partial charge is 0.312 e. The largest absolute Gasteiger partial charge is 0.469 e. The van der Waals surface area contributed by atoms with Crippen molar-refractivity contribution in [3.8, 4) is 0 Å². The molecule has 26 atom stereocenters. The predicted molar refractivity (Wildman–Crippen MR) is 413 cm³/mol. The van der Waals surface area contributed by atoms with E-state index in [1.54, 1.807) is 0 Å². The summed E-state index contributed by atoms with van der Waals surface area (Å²) in [4.78, 5) is 143. The van der Waals surface area contributed by atoms with Crippen molar-refractivity contribution in [3.63, 3.8) is 0 Å². The molecule has 17 fully saturated rings. The van der Waals surface area contributed by atoms with Crippen LogP contribution in [0.3, 0.4) is 0 Å². The molecule has 17 aliphatic rings. The molecule has 9 heterocycles. The minimum atomic E-state index is -0.593. The van der Waals surface area contributed by atoms with Crippen LogP contribution in [0, 0.1) is 110 Å². The predicted octanol–water partition coefficient (Wildman–Crippen LogP) is 14.8. The Morgan fingerprint density at radius 2 is 0.827 bits per heavy atom. The van der Waals surface area contributed by atoms with Gasteiger partial charge in [0.15, 0.2) is 12.2 Å². The Labute approximate surface area is 659 Å². The second kappa shape index (κ2) is 37.3. The summed E-state index contributed by atoms with van der Waals surface area (Å²) in [5, 5.41) is 0. The van der Waals surface area contributed by atoms with Crippen molar-refractivity contribution in [2.75, 3.05) is 13.7 Å². The maximum atomic E-state index is 12.4. The monoisotopic (exact) mass is 1570 g/mol. The molecule has 25 nitrogen and oxygen atoms in total. The molecule has 8 saturated carbocycles. The van der Waals surface area contributed by atoms with E-state index in [1.165, 1.54) is 7.11 Å². The van der Waals surface area contributed by atoms with Crippen molar-refractivity contribution in [2.45, 2.75) is 348 Å². The zero-order valence-electron chi connectivity index (χ0n) is 61.2. The lowest BCUT2D eigenvalue weighted by molar-refractivity contribution is -0.224. The molecule has 0 aromatic heterocycles. The third-order valence-corrected chi connectivity index (χ3v) is 26.6. The summed E-state index contributed by atoms with van der Waals surface area (Å²) >= 11 is 0. The lowest BCUT2D eigenvalue weighted by atomic mass is 9.74. The molecule has 8 aliphatic carbocycles. The molecule has 17 rings (SSSR count). The lowest BCUT2D eigenvalue weighted by Gasteiger charge is -2.47. The van der Waals surface area contributed by atoms with Crippen LogP contribution in [-0.2, 0) is 119 Å². The highest BCUT2D eigenvalue weighted by molar-refractivity contribution is 5.87. The summed E-state index contributed by atoms with van der Waals surface area (Å²) < 4.78 is 70.8. The van der Waals surface area contributed by atoms with E-state index in [0.29, 0.717) is 43.9 Å². The second-order valence-corrected chi connectivity index (χ2v) is 34.2. The van der Waals surface area contributed by atoms with Gasteiger partial charge in [-0.25, -0.2) is 0 Å². The van der Waals surface area contributed by atoms with Gasteiger partial charge in [-0.05, 0) is 160 Å². The van der Waals surface area contributed by atoms with Gasteiger partial charge in [0, 0.05) is 47.3 Å². The average Bonchev–Trinajstić information content (AvgIpc) is 1.53. The van der Waals surface area contributed by atoms with E-state index >= 15 is 0 Å². The number of fused-ring (bicyclic) bond motifs is 5. The fourth-order valence-corrected chi connectivity index (χ4v) is 18.0. The number of ether oxygens (including phenoxy) is 13. The maximum Gasteiger partial charge on any atom is 0.312 e. The Hall–Kier alpha value is -6.40. The van der Waals surface area contributed by atoms with Crippen LogP contribution in [0.2, 0.25) is 0 Å². The minimum absolute atomic E-state index is 0. The molecular formula is C85H146O25. The van der Waals surface area contributed by atoms with Crippen LogP contribution in [0.15, 0.2) is 0 Å². The average molecular weight is 1570 g/mol. The van der Waals surface area contributed by atoms with Gasteiger partial charge in [0.1, 0.15) is 61.0 Å². The van der Waals surface area contributed by atoms with Crippen LogP contribution in [0.4, 0.5) is 0 Å². The van der Waals surface area contributed by atoms with E-state index in [0.717, 1.165) is 51.4 Å². The van der Waals surface area contributed by atoms with E-state index < -0.39 is 80.9 Å². The first-order valence-corrected chi connectivity index (χ1v) is 36.8. The maximum absolute atomic E-state index is 12.4. The quantitative estimate of drug-likeness (QED) is 0.0856. The van der Waals surface area contributed by atoms with Crippen LogP contribution in [0.1, 0.15) is 275 Å². The van der Waals surface area contributed by atoms with Gasteiger partial charge in [0.05, 0.1) is 82.2 Å². The number of hydrogen-bond acceptors (Lipinski definition) is 25. The number of esters is 12. The fourth-order valence-electron chi connectivity index (χ4n) is 18.0. The molecule has 0 N–H and O–H groups in total. The van der Waals surface area contributed by atoms with Gasteiger partial charge in [-0.3, -0.25) is 57.5 Å². The van der Waals surface area contributed by atoms with Gasteiger partial charge in [0.2, 0.25) is 0 Å². The summed E-state index contributed by atoms with van der Waals surface area (Å²) in [5.41, 5.74) is -3.15. The first kappa shape index (κ1) is 102. The Bertz CT molecular complexity index is 3230. The zero-order valence-corrected chi connectivity index (χ0v) is 61.2. The Morgan fingerprint density at radius 3 is 1.34 bits per heavy atom. The summed E-state index contributed by atoms with van der Waals surface area (Å²) in [6.07, 6.45) is 6.96. The highest BCUT2D eigenvalue weighted by Crippen LogP contribution is 2.63. The van der Waals surface area contributed by atoms with Crippen LogP contribution in [-0.4, -0.2) is 158 Å². The lowest BCUT2D eigenvalue weighted by Crippen LogP contribution is -2.59. The molecule has 636 valence electrons. The van der Waals surface area contributed by atoms with Crippen molar-refractivity contribution in [2.24, 2.45) is 110 Å². The molecule has 26 unspecified atom stereocenters. The van der Waals surface area contributed by atoms with Crippen LogP contribution in [0.25, 0.3) is 0 Å². The number of hydrogen-bond donors (Lipinski definition) is 0. The third-order valence-electron chi connectivity index (χ3n) is 26.6. The Kier molecular flexibility index (Phi) is 34.4. The van der Waals surface area contributed by atoms with Crippen molar-refractivity contribution in [3.05, 3.63) is 0 Å². The highest BCUT2D eigenvalue weighted by Gasteiger charge is 2.72. The van der Waals surface area contributed by atoms with E-state index in [1.807, 2.05) is 111 Å². The van der Waals surface area contributed by atoms with E-state index in [9.17, 15) is 57.5 Å². The molecule has 0 spiro atoms. The first-order chi connectivity index (χ1) is 46.8. The van der Waals surface area contributed by atoms with Gasteiger partial charge >= 0.3 is 71.6 Å². The molecular weight excluding hydrogens is 1420 g/mol. The molecule has 110 heavy (non-hydrogen) atoms. The number of carbonyl (C=O) groups excluding carboxylic acids is 12. The topological polar surface area (TPSA) is 325 Å². The Balaban J connectivity index is 0.000000674. The first-order valence-electron chi connectivity index (χ1n) is 36.8. The van der Waals surface area contributed by atoms with Crippen molar-refractivity contribution >= 4 is 71.6 Å². The van der Waals surface area contributed by atoms with Gasteiger partial charge in [0.25, 0.3) is 0 Å². The summed E-state index contributed by atoms with van der Waals surface area (Å²) in [6, 6.07) is 0. The normalized spacial score (nSPS) is 35.9. The second-order valence-electron chi connectivity index (χ2n) is 34.2. The van der Waals surface area contributed by atoms with Gasteiger partial charge in [-0.1, -0.05) is 109 Å². The number of rotatable bonds is 19. The molecule has 14 bridgehead atoms. The standard InChI is InChI=1S/C17H24O6.C16H22O6.C15H22O4.C14H20O4.C13H18O5.10CH4/c1-4-17(2,3)16(20)21-6-5-12(18)22-13-9-7-10-11(8-9)15(19)23-14(10)13;1-5-16(2,3)15(19)22-12-7-6-8-10(9(7)13(17)20-4)14(18)21-11(8)12;1-5-14(2,3)13(17)18-11-9-6-8-7-10(9)12(16)19-15(8,11)4;1-4-14(2,3)13(16)18-11-8-5-7-6-9(8)12(15)17-10(7)11;1-4-13(2,3)12(15)18-9-7-5-6-8(16-7)10(9)17-11(6)14;;;;;;;;;;/h9-11,13-14H,4-8H2,1-3H3;7-12H,5-6H2,1-4H3;8-11H,5-7H2,1-4H3;7-11H,4-6H2,1-3H3;6-10H,4-5H2,1-3H3;10*1H4. The van der Waals surface area contributed by atoms with Crippen molar-refractivity contribution < 1.29 is 119 Å². The number of carbonyl (C=O) groups is 12. The summed E-state index contributed by atoms with van der Waals surface area (Å²) in [5.74, 6) is -2.70. The molecule has 0 aromatic rings. The molecule has 0 amide bonds. The zero-order chi connectivity index (χ0) is 73.2. The van der Waals surface area contributed by atoms with Crippen LogP contribution in [0.5, 0.6) is 0 Å². The van der Waals surface area contributed by atoms with Gasteiger partial charge in [-0.2, -0.15) is 0 Å². The minimum Gasteiger partial charge on any atom is -0.469 e. The van der Waals surface area contributed by atoms with E-state index in [-0.39, 0.29) is 249 Å². The van der Waals surface area contributed by atoms with E-state index in [4.69, 9.17) is 61.6 Å². The highest BCUT2D eigenvalue weighted by atomic mass is 16.7. The van der Waals surface area contributed by atoms with E-state index in [2.05, 4.69) is 0 Å². The third kappa shape index (κ3) is 17.9. The molecule has 0 radical (unpaired) electrons. The molecule has 9 saturated heterocycles. The van der Waals surface area contributed by atoms with Crippen LogP contribution >= 0.6 is 0 Å².